The van der Waals surface area contributed by atoms with E-state index in [2.05, 4.69) is 32.3 Å². The molecular formula is C27H33ClFN7O2. The summed E-state index contributed by atoms with van der Waals surface area (Å²) in [5.41, 5.74) is 0.442. The van der Waals surface area contributed by atoms with Crippen molar-refractivity contribution in [3.05, 3.63) is 34.0 Å². The summed E-state index contributed by atoms with van der Waals surface area (Å²) in [6.45, 7) is 4.73. The van der Waals surface area contributed by atoms with Crippen molar-refractivity contribution in [3.63, 3.8) is 0 Å². The monoisotopic (exact) mass is 541 g/mol. The van der Waals surface area contributed by atoms with Crippen molar-refractivity contribution in [1.29, 1.82) is 0 Å². The molecule has 3 aromatic rings. The van der Waals surface area contributed by atoms with Gasteiger partial charge in [-0.1, -0.05) is 44.2 Å². The van der Waals surface area contributed by atoms with E-state index >= 15 is 4.39 Å². The number of pyridine rings is 1. The molecule has 0 amide bonds. The maximum atomic E-state index is 16.9. The first kappa shape index (κ1) is 25.3. The van der Waals surface area contributed by atoms with E-state index in [1.54, 1.807) is 25.4 Å². The number of anilines is 2. The van der Waals surface area contributed by atoms with Crippen molar-refractivity contribution in [1.82, 2.24) is 25.1 Å². The van der Waals surface area contributed by atoms with Gasteiger partial charge < -0.3 is 14.6 Å². The Balaban J connectivity index is 1.49. The maximum Gasteiger partial charge on any atom is 0.434 e. The topological polar surface area (TPSA) is 113 Å². The van der Waals surface area contributed by atoms with Gasteiger partial charge in [0.25, 0.3) is 5.89 Å². The predicted molar refractivity (Wildman–Crippen MR) is 144 cm³/mol. The second-order valence-corrected chi connectivity index (χ2v) is 11.8. The quantitative estimate of drug-likeness (QED) is 0.400. The maximum absolute atomic E-state index is 16.9. The Morgan fingerprint density at radius 2 is 1.92 bits per heavy atom. The molecule has 202 valence electrons. The number of halogens is 2. The third-order valence-corrected chi connectivity index (χ3v) is 8.85. The number of hydrogen-bond donors (Lipinski definition) is 2. The Hall–Kier alpha value is -3.01. The van der Waals surface area contributed by atoms with Crippen LogP contribution in [0.1, 0.15) is 65.2 Å². The molecular weight excluding hydrogens is 509 g/mol. The summed E-state index contributed by atoms with van der Waals surface area (Å²) < 4.78 is 22.1. The highest BCUT2D eigenvalue weighted by Gasteiger charge is 2.51. The van der Waals surface area contributed by atoms with Crippen LogP contribution in [-0.4, -0.2) is 43.5 Å². The van der Waals surface area contributed by atoms with Crippen molar-refractivity contribution in [2.45, 2.75) is 77.0 Å². The molecule has 4 heterocycles. The van der Waals surface area contributed by atoms with Gasteiger partial charge in [0.2, 0.25) is 5.82 Å². The average molecular weight is 542 g/mol. The molecule has 1 aliphatic heterocycles. The fraction of sp³-hybridized carbons (Fsp3) is 0.593. The van der Waals surface area contributed by atoms with Gasteiger partial charge in [-0.25, -0.2) is 24.3 Å². The predicted octanol–water partition coefficient (Wildman–Crippen LogP) is 5.84. The van der Waals surface area contributed by atoms with Gasteiger partial charge in [0.05, 0.1) is 5.02 Å². The van der Waals surface area contributed by atoms with E-state index in [4.69, 9.17) is 26.0 Å². The highest BCUT2D eigenvalue weighted by Crippen LogP contribution is 2.49. The smallest absolute Gasteiger partial charge is 0.384 e. The fourth-order valence-electron chi connectivity index (χ4n) is 6.47. The number of nitrogens with one attached hydrogen (secondary N) is 2. The molecule has 2 atom stereocenters. The van der Waals surface area contributed by atoms with Crippen LogP contribution in [0.25, 0.3) is 23.0 Å². The molecule has 2 saturated carbocycles. The summed E-state index contributed by atoms with van der Waals surface area (Å²) in [5, 5.41) is 10.1. The summed E-state index contributed by atoms with van der Waals surface area (Å²) in [7, 11) is 0. The molecule has 3 aliphatic rings. The first-order valence-corrected chi connectivity index (χ1v) is 14.0. The van der Waals surface area contributed by atoms with Crippen LogP contribution in [0, 0.1) is 17.8 Å². The van der Waals surface area contributed by atoms with E-state index in [0.717, 1.165) is 50.1 Å². The molecule has 2 fully saturated rings. The van der Waals surface area contributed by atoms with Crippen LogP contribution in [0.5, 0.6) is 0 Å². The Morgan fingerprint density at radius 3 is 2.61 bits per heavy atom. The standard InChI is InChI=1S/C27H33ClFN7O2/c1-15-7-9-16(10-8-15)14-36-21-20(17-11-19(28)13-30-12-17)31-23(24-34-35-26(37)38-24)32-22(21)33-25(36)27(2,29)18-5-3-4-6-18/h11-13,15-16,18,25H,3-10,14H2,1-2H3,(H,35,37)(H,31,32,33). The zero-order valence-electron chi connectivity index (χ0n) is 21.7. The van der Waals surface area contributed by atoms with Gasteiger partial charge in [-0.3, -0.25) is 4.98 Å². The van der Waals surface area contributed by atoms with Crippen molar-refractivity contribution in [2.24, 2.45) is 17.8 Å². The Bertz CT molecular complexity index is 1360. The Labute approximate surface area is 225 Å². The number of fused-ring (bicyclic) bond motifs is 1. The van der Waals surface area contributed by atoms with Gasteiger partial charge in [0.15, 0.2) is 5.82 Å². The van der Waals surface area contributed by atoms with E-state index in [0.29, 0.717) is 34.6 Å². The Morgan fingerprint density at radius 1 is 1.16 bits per heavy atom. The largest absolute Gasteiger partial charge is 0.434 e. The molecule has 6 rings (SSSR count). The lowest BCUT2D eigenvalue weighted by Gasteiger charge is -2.41. The minimum absolute atomic E-state index is 0.0362. The van der Waals surface area contributed by atoms with Gasteiger partial charge in [-0.2, -0.15) is 0 Å². The highest BCUT2D eigenvalue weighted by molar-refractivity contribution is 6.30. The SMILES string of the molecule is CC1CCC(CN2c3c(nc(-c4n[nH]c(=O)o4)nc3-c3cncc(Cl)c3)NC2C(C)(F)C2CCCC2)CC1. The normalized spacial score (nSPS) is 25.3. The first-order valence-electron chi connectivity index (χ1n) is 13.6. The van der Waals surface area contributed by atoms with Crippen LogP contribution in [0.15, 0.2) is 27.7 Å². The summed E-state index contributed by atoms with van der Waals surface area (Å²) in [4.78, 5) is 27.6. The molecule has 2 unspecified atom stereocenters. The molecule has 11 heteroatoms. The zero-order chi connectivity index (χ0) is 26.4. The number of alkyl halides is 1. The van der Waals surface area contributed by atoms with E-state index in [1.807, 2.05) is 0 Å². The zero-order valence-corrected chi connectivity index (χ0v) is 22.5. The molecule has 0 radical (unpaired) electrons. The van der Waals surface area contributed by atoms with Crippen molar-refractivity contribution in [3.8, 4) is 23.0 Å². The molecule has 38 heavy (non-hydrogen) atoms. The van der Waals surface area contributed by atoms with Gasteiger partial charge >= 0.3 is 5.76 Å². The number of hydrogen-bond acceptors (Lipinski definition) is 8. The fourth-order valence-corrected chi connectivity index (χ4v) is 6.65. The van der Waals surface area contributed by atoms with Crippen LogP contribution >= 0.6 is 11.6 Å². The van der Waals surface area contributed by atoms with E-state index in [-0.39, 0.29) is 17.6 Å². The minimum Gasteiger partial charge on any atom is -0.384 e. The number of rotatable bonds is 6. The van der Waals surface area contributed by atoms with Crippen molar-refractivity contribution >= 4 is 23.1 Å². The second kappa shape index (κ2) is 9.94. The second-order valence-electron chi connectivity index (χ2n) is 11.4. The van der Waals surface area contributed by atoms with E-state index < -0.39 is 17.6 Å². The molecule has 3 aromatic heterocycles. The molecule has 9 nitrogen and oxygen atoms in total. The number of aromatic amines is 1. The average Bonchev–Trinajstić information content (AvgIpc) is 3.66. The van der Waals surface area contributed by atoms with Gasteiger partial charge in [-0.05, 0) is 56.4 Å². The molecule has 0 saturated heterocycles. The number of aromatic nitrogens is 5. The lowest BCUT2D eigenvalue weighted by molar-refractivity contribution is 0.0797. The lowest BCUT2D eigenvalue weighted by atomic mass is 9.82. The van der Waals surface area contributed by atoms with Crippen LogP contribution in [0.4, 0.5) is 15.9 Å². The third-order valence-electron chi connectivity index (χ3n) is 8.64. The van der Waals surface area contributed by atoms with E-state index in [1.165, 1.54) is 12.8 Å². The van der Waals surface area contributed by atoms with Crippen LogP contribution < -0.4 is 16.0 Å². The van der Waals surface area contributed by atoms with E-state index in [9.17, 15) is 4.79 Å². The molecule has 0 spiro atoms. The first-order chi connectivity index (χ1) is 18.3. The summed E-state index contributed by atoms with van der Waals surface area (Å²) >= 11 is 6.33. The van der Waals surface area contributed by atoms with Crippen molar-refractivity contribution in [2.75, 3.05) is 16.8 Å². The molecule has 0 aromatic carbocycles. The van der Waals surface area contributed by atoms with Gasteiger partial charge in [0, 0.05) is 24.5 Å². The van der Waals surface area contributed by atoms with Crippen LogP contribution in [0.3, 0.4) is 0 Å². The molecule has 2 N–H and O–H groups in total. The number of H-pyrrole nitrogens is 1. The summed E-state index contributed by atoms with van der Waals surface area (Å²) in [5.74, 6) is 0.993. The van der Waals surface area contributed by atoms with Crippen LogP contribution in [0.2, 0.25) is 5.02 Å². The highest BCUT2D eigenvalue weighted by atomic mass is 35.5. The van der Waals surface area contributed by atoms with Gasteiger partial charge in [-0.15, -0.1) is 5.10 Å². The molecule has 0 bridgehead atoms. The number of nitrogens with zero attached hydrogens (tertiary/aromatic N) is 5. The van der Waals surface area contributed by atoms with Crippen LogP contribution in [-0.2, 0) is 0 Å². The Kier molecular flexibility index (Phi) is 6.62. The minimum atomic E-state index is -1.50. The third kappa shape index (κ3) is 4.67. The molecule has 2 aliphatic carbocycles. The van der Waals surface area contributed by atoms with Gasteiger partial charge in [0.1, 0.15) is 23.2 Å². The summed E-state index contributed by atoms with van der Waals surface area (Å²) in [6.07, 6.45) is 11.0. The lowest BCUT2D eigenvalue weighted by Crippen LogP contribution is -2.55. The van der Waals surface area contributed by atoms with Crippen molar-refractivity contribution < 1.29 is 8.81 Å². The summed E-state index contributed by atoms with van der Waals surface area (Å²) in [6, 6.07) is 1.78.